The van der Waals surface area contributed by atoms with Crippen LogP contribution in [0.3, 0.4) is 0 Å². The van der Waals surface area contributed by atoms with Crippen molar-refractivity contribution in [2.24, 2.45) is 34.5 Å². The molecule has 148 valence electrons. The minimum atomic E-state index is -0.418. The Labute approximate surface area is 163 Å². The van der Waals surface area contributed by atoms with Crippen LogP contribution in [0.25, 0.3) is 0 Å². The van der Waals surface area contributed by atoms with Crippen LogP contribution in [0.2, 0.25) is 0 Å². The highest BCUT2D eigenvalue weighted by atomic mass is 16.7. The fourth-order valence-electron chi connectivity index (χ4n) is 7.83. The molecule has 1 aliphatic heterocycles. The lowest BCUT2D eigenvalue weighted by molar-refractivity contribution is -0.220. The molecule has 0 amide bonds. The van der Waals surface area contributed by atoms with Crippen LogP contribution < -0.4 is 0 Å². The summed E-state index contributed by atoms with van der Waals surface area (Å²) in [5.41, 5.74) is 1.75. The maximum atomic E-state index is 12.6. The first-order chi connectivity index (χ1) is 12.9. The summed E-state index contributed by atoms with van der Waals surface area (Å²) in [6, 6.07) is 0. The first-order valence-electron chi connectivity index (χ1n) is 11.0. The van der Waals surface area contributed by atoms with E-state index in [2.05, 4.69) is 26.5 Å². The van der Waals surface area contributed by atoms with Crippen molar-refractivity contribution >= 4 is 5.78 Å². The van der Waals surface area contributed by atoms with Crippen LogP contribution in [0.1, 0.15) is 65.2 Å². The molecule has 1 saturated heterocycles. The predicted molar refractivity (Wildman–Crippen MR) is 105 cm³/mol. The van der Waals surface area contributed by atoms with E-state index in [1.165, 1.54) is 6.42 Å². The maximum absolute atomic E-state index is 12.6. The van der Waals surface area contributed by atoms with Crippen molar-refractivity contribution in [2.75, 3.05) is 13.2 Å². The molecule has 0 aromatic rings. The predicted octanol–water partition coefficient (Wildman–Crippen LogP) is 5.06. The van der Waals surface area contributed by atoms with Crippen molar-refractivity contribution in [2.45, 2.75) is 71.0 Å². The number of carbonyl (C=O) groups excluding carboxylic acids is 1. The molecule has 3 nitrogen and oxygen atoms in total. The Balaban J connectivity index is 1.50. The third kappa shape index (κ3) is 2.37. The molecular formula is C24H34O3. The number of ketones is 1. The van der Waals surface area contributed by atoms with Crippen LogP contribution in [0.5, 0.6) is 0 Å². The van der Waals surface area contributed by atoms with E-state index in [-0.39, 0.29) is 10.8 Å². The van der Waals surface area contributed by atoms with Gasteiger partial charge >= 0.3 is 0 Å². The molecular weight excluding hydrogens is 336 g/mol. The fourth-order valence-corrected chi connectivity index (χ4v) is 7.83. The van der Waals surface area contributed by atoms with E-state index in [9.17, 15) is 4.79 Å². The molecule has 4 fully saturated rings. The Bertz CT molecular complexity index is 688. The first kappa shape index (κ1) is 18.1. The van der Waals surface area contributed by atoms with Gasteiger partial charge in [-0.1, -0.05) is 31.6 Å². The number of hydrogen-bond donors (Lipinski definition) is 0. The Kier molecular flexibility index (Phi) is 4.05. The number of carbonyl (C=O) groups is 1. The molecule has 0 aromatic heterocycles. The van der Waals surface area contributed by atoms with Crippen LogP contribution in [-0.4, -0.2) is 24.8 Å². The van der Waals surface area contributed by atoms with Crippen LogP contribution in [0.15, 0.2) is 24.3 Å². The van der Waals surface area contributed by atoms with Crippen LogP contribution >= 0.6 is 0 Å². The largest absolute Gasteiger partial charge is 0.347 e. The van der Waals surface area contributed by atoms with Gasteiger partial charge in [0.15, 0.2) is 5.79 Å². The lowest BCUT2D eigenvalue weighted by Crippen LogP contribution is -2.55. The number of ether oxygens (including phenoxy) is 2. The number of fused-ring (bicyclic) bond motifs is 5. The van der Waals surface area contributed by atoms with Gasteiger partial charge in [-0.2, -0.15) is 0 Å². The average molecular weight is 371 g/mol. The lowest BCUT2D eigenvalue weighted by atomic mass is 9.46. The molecule has 0 aromatic carbocycles. The van der Waals surface area contributed by atoms with E-state index >= 15 is 0 Å². The maximum Gasteiger partial charge on any atom is 0.175 e. The molecule has 6 atom stereocenters. The topological polar surface area (TPSA) is 35.5 Å². The normalized spacial score (nSPS) is 47.9. The zero-order valence-electron chi connectivity index (χ0n) is 17.0. The molecule has 3 heteroatoms. The quantitative estimate of drug-likeness (QED) is 0.637. The molecule has 1 heterocycles. The Morgan fingerprint density at radius 1 is 1.19 bits per heavy atom. The number of rotatable bonds is 2. The third-order valence-corrected chi connectivity index (χ3v) is 9.29. The van der Waals surface area contributed by atoms with E-state index in [1.807, 2.05) is 6.08 Å². The van der Waals surface area contributed by atoms with Gasteiger partial charge in [0.2, 0.25) is 0 Å². The number of hydrogen-bond acceptors (Lipinski definition) is 3. The Hall–Kier alpha value is -0.930. The average Bonchev–Trinajstić information content (AvgIpc) is 3.22. The monoisotopic (exact) mass is 370 g/mol. The summed E-state index contributed by atoms with van der Waals surface area (Å²) in [5.74, 6) is 2.47. The van der Waals surface area contributed by atoms with E-state index < -0.39 is 5.79 Å². The summed E-state index contributed by atoms with van der Waals surface area (Å²) < 4.78 is 12.4. The molecule has 1 unspecified atom stereocenters. The Morgan fingerprint density at radius 3 is 2.67 bits per heavy atom. The SMILES string of the molecule is C=CCC1C[C@@]2(C)C(=CC[C@@H]3[C@@H]2CC[C@]2(C)C(=O)CC[C@@H]32)CC12OCCO2. The molecule has 1 spiro atoms. The van der Waals surface area contributed by atoms with Gasteiger partial charge in [-0.05, 0) is 61.7 Å². The van der Waals surface area contributed by atoms with Gasteiger partial charge in [0, 0.05) is 24.2 Å². The van der Waals surface area contributed by atoms with Gasteiger partial charge in [-0.3, -0.25) is 4.79 Å². The van der Waals surface area contributed by atoms with Crippen molar-refractivity contribution < 1.29 is 14.3 Å². The third-order valence-electron chi connectivity index (χ3n) is 9.29. The fraction of sp³-hybridized carbons (Fsp3) is 0.792. The number of allylic oxidation sites excluding steroid dienone is 2. The van der Waals surface area contributed by atoms with E-state index in [0.29, 0.717) is 42.7 Å². The molecule has 0 N–H and O–H groups in total. The molecule has 4 aliphatic carbocycles. The zero-order chi connectivity index (χ0) is 18.9. The standard InChI is InChI=1S/C24H34O3/c1-4-5-17-14-23(3)16(15-24(17)26-12-13-27-24)6-7-18-19-8-9-21(25)22(19,2)11-10-20(18)23/h4,6,17-20H,1,5,7-15H2,2-3H3/t17?,18-,19-,20-,22-,23-/m0/s1. The van der Waals surface area contributed by atoms with Gasteiger partial charge in [-0.25, -0.2) is 0 Å². The van der Waals surface area contributed by atoms with Gasteiger partial charge in [-0.15, -0.1) is 6.58 Å². The Morgan fingerprint density at radius 2 is 1.93 bits per heavy atom. The molecule has 27 heavy (non-hydrogen) atoms. The summed E-state index contributed by atoms with van der Waals surface area (Å²) in [5, 5.41) is 0. The highest BCUT2D eigenvalue weighted by Crippen LogP contribution is 2.66. The van der Waals surface area contributed by atoms with E-state index in [0.717, 1.165) is 44.9 Å². The van der Waals surface area contributed by atoms with Gasteiger partial charge in [0.25, 0.3) is 0 Å². The smallest absolute Gasteiger partial charge is 0.175 e. The summed E-state index contributed by atoms with van der Waals surface area (Å²) in [4.78, 5) is 12.6. The van der Waals surface area contributed by atoms with Gasteiger partial charge < -0.3 is 9.47 Å². The van der Waals surface area contributed by atoms with Gasteiger partial charge in [0.05, 0.1) is 13.2 Å². The van der Waals surface area contributed by atoms with E-state index in [4.69, 9.17) is 9.47 Å². The van der Waals surface area contributed by atoms with Crippen molar-refractivity contribution in [1.82, 2.24) is 0 Å². The minimum Gasteiger partial charge on any atom is -0.347 e. The van der Waals surface area contributed by atoms with E-state index in [1.54, 1.807) is 5.57 Å². The highest BCUT2D eigenvalue weighted by Gasteiger charge is 2.62. The van der Waals surface area contributed by atoms with Crippen LogP contribution in [-0.2, 0) is 14.3 Å². The number of Topliss-reactive ketones (excluding diaryl/α,β-unsaturated/α-hetero) is 1. The highest BCUT2D eigenvalue weighted by molar-refractivity contribution is 5.87. The second-order valence-electron chi connectivity index (χ2n) is 10.3. The van der Waals surface area contributed by atoms with Crippen molar-refractivity contribution in [3.63, 3.8) is 0 Å². The second kappa shape index (κ2) is 6.03. The minimum absolute atomic E-state index is 0.0447. The van der Waals surface area contributed by atoms with Crippen molar-refractivity contribution in [3.8, 4) is 0 Å². The molecule has 3 saturated carbocycles. The summed E-state index contributed by atoms with van der Waals surface area (Å²) >= 11 is 0. The molecule has 5 aliphatic rings. The molecule has 0 radical (unpaired) electrons. The summed E-state index contributed by atoms with van der Waals surface area (Å²) in [7, 11) is 0. The van der Waals surface area contributed by atoms with Crippen molar-refractivity contribution in [3.05, 3.63) is 24.3 Å². The second-order valence-corrected chi connectivity index (χ2v) is 10.3. The lowest BCUT2D eigenvalue weighted by Gasteiger charge is -2.59. The summed E-state index contributed by atoms with van der Waals surface area (Å²) in [6.07, 6.45) is 12.9. The first-order valence-corrected chi connectivity index (χ1v) is 11.0. The van der Waals surface area contributed by atoms with Crippen molar-refractivity contribution in [1.29, 1.82) is 0 Å². The summed E-state index contributed by atoms with van der Waals surface area (Å²) in [6.45, 7) is 10.2. The molecule has 0 bridgehead atoms. The van der Waals surface area contributed by atoms with Crippen LogP contribution in [0.4, 0.5) is 0 Å². The zero-order valence-corrected chi connectivity index (χ0v) is 17.0. The van der Waals surface area contributed by atoms with Crippen LogP contribution in [0, 0.1) is 34.5 Å². The molecule has 5 rings (SSSR count). The van der Waals surface area contributed by atoms with Gasteiger partial charge in [0.1, 0.15) is 5.78 Å².